The zero-order valence-corrected chi connectivity index (χ0v) is 13.6. The lowest BCUT2D eigenvalue weighted by Crippen LogP contribution is -2.60. The van der Waals surface area contributed by atoms with Gasteiger partial charge in [0.1, 0.15) is 30.2 Å². The van der Waals surface area contributed by atoms with Crippen LogP contribution in [0.1, 0.15) is 0 Å². The minimum absolute atomic E-state index is 0.217. The van der Waals surface area contributed by atoms with Crippen LogP contribution in [0.15, 0.2) is 12.1 Å². The second-order valence-electron chi connectivity index (χ2n) is 5.18. The van der Waals surface area contributed by atoms with E-state index in [2.05, 4.69) is 0 Å². The van der Waals surface area contributed by atoms with E-state index in [1.165, 1.54) is 33.5 Å². The lowest BCUT2D eigenvalue weighted by atomic mass is 9.99. The van der Waals surface area contributed by atoms with E-state index in [4.69, 9.17) is 23.7 Å². The predicted octanol–water partition coefficient (Wildman–Crippen LogP) is -1.11. The summed E-state index contributed by atoms with van der Waals surface area (Å²) in [6, 6.07) is 2.98. The van der Waals surface area contributed by atoms with Crippen LogP contribution >= 0.6 is 0 Å². The van der Waals surface area contributed by atoms with Gasteiger partial charge in [0.2, 0.25) is 12.0 Å². The van der Waals surface area contributed by atoms with Crippen LogP contribution in [0.5, 0.6) is 23.0 Å². The fraction of sp³-hybridized carbons (Fsp3) is 0.600. The number of aliphatic hydroxyl groups is 4. The minimum Gasteiger partial charge on any atom is -0.493 e. The van der Waals surface area contributed by atoms with Crippen molar-refractivity contribution in [2.75, 3.05) is 27.9 Å². The Morgan fingerprint density at radius 3 is 1.96 bits per heavy atom. The van der Waals surface area contributed by atoms with Crippen LogP contribution in [0, 0.1) is 0 Å². The van der Waals surface area contributed by atoms with E-state index in [0.717, 1.165) is 0 Å². The highest BCUT2D eigenvalue weighted by Gasteiger charge is 2.44. The molecule has 136 valence electrons. The largest absolute Gasteiger partial charge is 0.493 e. The van der Waals surface area contributed by atoms with Crippen molar-refractivity contribution in [1.82, 2.24) is 0 Å². The van der Waals surface area contributed by atoms with Crippen molar-refractivity contribution in [3.05, 3.63) is 12.1 Å². The van der Waals surface area contributed by atoms with E-state index in [1.54, 1.807) is 0 Å². The third kappa shape index (κ3) is 3.50. The van der Waals surface area contributed by atoms with Gasteiger partial charge in [-0.25, -0.2) is 0 Å². The molecule has 0 aliphatic carbocycles. The second-order valence-corrected chi connectivity index (χ2v) is 5.18. The molecule has 1 heterocycles. The van der Waals surface area contributed by atoms with Gasteiger partial charge in [0, 0.05) is 12.1 Å². The summed E-state index contributed by atoms with van der Waals surface area (Å²) in [4.78, 5) is 0. The average molecular weight is 346 g/mol. The predicted molar refractivity (Wildman–Crippen MR) is 80.5 cm³/mol. The van der Waals surface area contributed by atoms with Gasteiger partial charge >= 0.3 is 0 Å². The molecule has 5 atom stereocenters. The van der Waals surface area contributed by atoms with Gasteiger partial charge < -0.3 is 44.1 Å². The molecule has 1 aromatic rings. The Balaban J connectivity index is 2.26. The molecule has 0 amide bonds. The molecule has 0 bridgehead atoms. The molecule has 0 saturated carbocycles. The first kappa shape index (κ1) is 18.6. The summed E-state index contributed by atoms with van der Waals surface area (Å²) in [7, 11) is 4.34. The fourth-order valence-electron chi connectivity index (χ4n) is 2.42. The molecule has 0 radical (unpaired) electrons. The van der Waals surface area contributed by atoms with Crippen LogP contribution in [0.3, 0.4) is 0 Å². The van der Waals surface area contributed by atoms with Gasteiger partial charge in [-0.15, -0.1) is 0 Å². The third-order valence-corrected chi connectivity index (χ3v) is 3.74. The molecule has 9 nitrogen and oxygen atoms in total. The van der Waals surface area contributed by atoms with Crippen molar-refractivity contribution in [1.29, 1.82) is 0 Å². The molecule has 1 aliphatic rings. The number of hydrogen-bond acceptors (Lipinski definition) is 9. The van der Waals surface area contributed by atoms with E-state index in [-0.39, 0.29) is 5.75 Å². The highest BCUT2D eigenvalue weighted by molar-refractivity contribution is 5.55. The summed E-state index contributed by atoms with van der Waals surface area (Å²) >= 11 is 0. The molecule has 2 rings (SSSR count). The molecule has 1 aromatic carbocycles. The Hall–Kier alpha value is -1.78. The lowest BCUT2D eigenvalue weighted by Gasteiger charge is -2.39. The molecule has 24 heavy (non-hydrogen) atoms. The fourth-order valence-corrected chi connectivity index (χ4v) is 2.42. The maximum Gasteiger partial charge on any atom is 0.229 e. The number of methoxy groups -OCH3 is 3. The molecular formula is C15H22O9. The molecule has 9 heteroatoms. The van der Waals surface area contributed by atoms with E-state index in [1.807, 2.05) is 0 Å². The Labute approximate surface area is 138 Å². The molecule has 0 aromatic heterocycles. The zero-order valence-electron chi connectivity index (χ0n) is 13.6. The van der Waals surface area contributed by atoms with Crippen LogP contribution in [-0.4, -0.2) is 79.1 Å². The monoisotopic (exact) mass is 346 g/mol. The molecule has 0 spiro atoms. The lowest BCUT2D eigenvalue weighted by molar-refractivity contribution is -0.277. The van der Waals surface area contributed by atoms with Crippen LogP contribution in [0.4, 0.5) is 0 Å². The molecular weight excluding hydrogens is 324 g/mol. The van der Waals surface area contributed by atoms with Gasteiger partial charge in [0.25, 0.3) is 0 Å². The van der Waals surface area contributed by atoms with E-state index in [0.29, 0.717) is 17.2 Å². The molecule has 1 fully saturated rings. The first-order chi connectivity index (χ1) is 11.5. The van der Waals surface area contributed by atoms with Crippen LogP contribution in [-0.2, 0) is 4.74 Å². The maximum absolute atomic E-state index is 10.0. The van der Waals surface area contributed by atoms with Crippen LogP contribution < -0.4 is 18.9 Å². The van der Waals surface area contributed by atoms with E-state index >= 15 is 0 Å². The Bertz CT molecular complexity index is 523. The van der Waals surface area contributed by atoms with Gasteiger partial charge in [-0.05, 0) is 0 Å². The summed E-state index contributed by atoms with van der Waals surface area (Å²) in [5.74, 6) is 1.24. The van der Waals surface area contributed by atoms with Gasteiger partial charge in [-0.1, -0.05) is 0 Å². The standard InChI is InChI=1S/C15H22O9/c1-20-8-4-7(5-9(21-2)14(8)22-3)23-15-13(19)12(18)11(17)10(6-16)24-15/h4-5,10-13,15-19H,6H2,1-3H3. The Morgan fingerprint density at radius 2 is 1.50 bits per heavy atom. The Morgan fingerprint density at radius 1 is 0.917 bits per heavy atom. The second kappa shape index (κ2) is 7.86. The first-order valence-corrected chi connectivity index (χ1v) is 7.24. The van der Waals surface area contributed by atoms with Gasteiger partial charge in [0.15, 0.2) is 11.5 Å². The summed E-state index contributed by atoms with van der Waals surface area (Å²) in [6.07, 6.45) is -6.85. The topological polar surface area (TPSA) is 127 Å². The van der Waals surface area contributed by atoms with Crippen molar-refractivity contribution >= 4 is 0 Å². The Kier molecular flexibility index (Phi) is 6.08. The third-order valence-electron chi connectivity index (χ3n) is 3.74. The minimum atomic E-state index is -1.53. The quantitative estimate of drug-likeness (QED) is 0.507. The summed E-state index contributed by atoms with van der Waals surface area (Å²) < 4.78 is 26.4. The first-order valence-electron chi connectivity index (χ1n) is 7.24. The van der Waals surface area contributed by atoms with E-state index in [9.17, 15) is 20.4 Å². The van der Waals surface area contributed by atoms with Crippen molar-refractivity contribution in [2.24, 2.45) is 0 Å². The van der Waals surface area contributed by atoms with Gasteiger partial charge in [0.05, 0.1) is 27.9 Å². The molecule has 1 saturated heterocycles. The summed E-state index contributed by atoms with van der Waals surface area (Å²) in [5.41, 5.74) is 0. The van der Waals surface area contributed by atoms with Crippen molar-refractivity contribution in [3.8, 4) is 23.0 Å². The van der Waals surface area contributed by atoms with Gasteiger partial charge in [-0.3, -0.25) is 0 Å². The zero-order chi connectivity index (χ0) is 17.9. The smallest absolute Gasteiger partial charge is 0.229 e. The van der Waals surface area contributed by atoms with Crippen LogP contribution in [0.2, 0.25) is 0 Å². The SMILES string of the molecule is COc1cc(OC2OC(CO)C(O)C(O)C2O)cc(OC)c1OC. The molecule has 4 N–H and O–H groups in total. The van der Waals surface area contributed by atoms with Gasteiger partial charge in [-0.2, -0.15) is 0 Å². The van der Waals surface area contributed by atoms with Crippen molar-refractivity contribution in [2.45, 2.75) is 30.7 Å². The molecule has 5 unspecified atom stereocenters. The normalized spacial score (nSPS) is 29.9. The molecule has 1 aliphatic heterocycles. The number of hydrogen-bond donors (Lipinski definition) is 4. The summed E-state index contributed by atoms with van der Waals surface area (Å²) in [5, 5.41) is 38.8. The van der Waals surface area contributed by atoms with Crippen LogP contribution in [0.25, 0.3) is 0 Å². The number of rotatable bonds is 6. The number of ether oxygens (including phenoxy) is 5. The van der Waals surface area contributed by atoms with E-state index < -0.39 is 37.3 Å². The highest BCUT2D eigenvalue weighted by Crippen LogP contribution is 2.41. The summed E-state index contributed by atoms with van der Waals surface area (Å²) in [6.45, 7) is -0.542. The number of benzene rings is 1. The van der Waals surface area contributed by atoms with Crippen molar-refractivity contribution < 1.29 is 44.1 Å². The number of aliphatic hydroxyl groups excluding tert-OH is 4. The average Bonchev–Trinajstić information content (AvgIpc) is 2.61. The highest BCUT2D eigenvalue weighted by atomic mass is 16.7. The van der Waals surface area contributed by atoms with Crippen molar-refractivity contribution in [3.63, 3.8) is 0 Å². The maximum atomic E-state index is 10.0.